The zero-order valence-corrected chi connectivity index (χ0v) is 12.1. The van der Waals surface area contributed by atoms with Gasteiger partial charge in [0.05, 0.1) is 0 Å². The lowest BCUT2D eigenvalue weighted by atomic mass is 10.0. The molecule has 1 saturated heterocycles. The van der Waals surface area contributed by atoms with Crippen molar-refractivity contribution in [3.63, 3.8) is 0 Å². The molecule has 1 atom stereocenters. The first kappa shape index (κ1) is 14.4. The summed E-state index contributed by atoms with van der Waals surface area (Å²) >= 11 is 0. The van der Waals surface area contributed by atoms with Crippen LogP contribution in [0.1, 0.15) is 32.4 Å². The molecule has 0 bridgehead atoms. The molecule has 0 saturated carbocycles. The summed E-state index contributed by atoms with van der Waals surface area (Å²) in [6.45, 7) is 6.33. The summed E-state index contributed by atoms with van der Waals surface area (Å²) in [6.07, 6.45) is -0.457. The minimum atomic E-state index is -0.625. The van der Waals surface area contributed by atoms with E-state index in [1.54, 1.807) is 0 Å². The van der Waals surface area contributed by atoms with Crippen LogP contribution >= 0.6 is 0 Å². The Labute approximate surface area is 118 Å². The second-order valence-corrected chi connectivity index (χ2v) is 5.78. The monoisotopic (exact) mass is 276 g/mol. The first-order valence-electron chi connectivity index (χ1n) is 6.71. The van der Waals surface area contributed by atoms with Crippen molar-refractivity contribution in [1.29, 1.82) is 0 Å². The molecule has 1 fully saturated rings. The van der Waals surface area contributed by atoms with Crippen LogP contribution in [0.2, 0.25) is 0 Å². The number of carbonyl (C=O) groups is 2. The van der Waals surface area contributed by atoms with E-state index < -0.39 is 17.7 Å². The standard InChI is InChI=1S/C15H20N2O3/c1-15(2,3)20-14(19)17-10-9-16-13(18)12(17)11-7-5-4-6-8-11/h4-8,12H,9-10H2,1-3H3,(H,16,18). The van der Waals surface area contributed by atoms with Crippen molar-refractivity contribution < 1.29 is 14.3 Å². The number of hydrogen-bond acceptors (Lipinski definition) is 3. The van der Waals surface area contributed by atoms with E-state index in [2.05, 4.69) is 5.32 Å². The number of rotatable bonds is 1. The quantitative estimate of drug-likeness (QED) is 0.854. The van der Waals surface area contributed by atoms with Crippen LogP contribution in [-0.2, 0) is 9.53 Å². The minimum Gasteiger partial charge on any atom is -0.444 e. The molecule has 2 rings (SSSR count). The molecule has 1 aromatic rings. The van der Waals surface area contributed by atoms with Gasteiger partial charge in [-0.3, -0.25) is 9.69 Å². The van der Waals surface area contributed by atoms with Crippen molar-refractivity contribution in [2.75, 3.05) is 13.1 Å². The Morgan fingerprint density at radius 3 is 2.55 bits per heavy atom. The average molecular weight is 276 g/mol. The lowest BCUT2D eigenvalue weighted by Gasteiger charge is -2.36. The van der Waals surface area contributed by atoms with Crippen molar-refractivity contribution in [1.82, 2.24) is 10.2 Å². The van der Waals surface area contributed by atoms with Gasteiger partial charge < -0.3 is 10.1 Å². The number of nitrogens with one attached hydrogen (secondary N) is 1. The highest BCUT2D eigenvalue weighted by Gasteiger charge is 2.36. The van der Waals surface area contributed by atoms with Gasteiger partial charge in [0.2, 0.25) is 5.91 Å². The average Bonchev–Trinajstić information content (AvgIpc) is 2.37. The summed E-state index contributed by atoms with van der Waals surface area (Å²) < 4.78 is 5.38. The van der Waals surface area contributed by atoms with Crippen molar-refractivity contribution in [3.05, 3.63) is 35.9 Å². The van der Waals surface area contributed by atoms with Crippen LogP contribution in [0.5, 0.6) is 0 Å². The summed E-state index contributed by atoms with van der Waals surface area (Å²) in [5.41, 5.74) is 0.210. The van der Waals surface area contributed by atoms with Gasteiger partial charge in [-0.05, 0) is 26.3 Å². The molecule has 0 aliphatic carbocycles. The van der Waals surface area contributed by atoms with E-state index >= 15 is 0 Å². The molecule has 20 heavy (non-hydrogen) atoms. The zero-order valence-electron chi connectivity index (χ0n) is 12.1. The van der Waals surface area contributed by atoms with E-state index in [0.717, 1.165) is 5.56 Å². The smallest absolute Gasteiger partial charge is 0.411 e. The number of nitrogens with zero attached hydrogens (tertiary/aromatic N) is 1. The maximum atomic E-state index is 12.3. The lowest BCUT2D eigenvalue weighted by Crippen LogP contribution is -2.53. The van der Waals surface area contributed by atoms with Crippen LogP contribution in [0.4, 0.5) is 4.79 Å². The normalized spacial score (nSPS) is 19.4. The van der Waals surface area contributed by atoms with Crippen LogP contribution in [0.25, 0.3) is 0 Å². The van der Waals surface area contributed by atoms with E-state index in [0.29, 0.717) is 13.1 Å². The molecular weight excluding hydrogens is 256 g/mol. The van der Waals surface area contributed by atoms with Crippen molar-refractivity contribution in [3.8, 4) is 0 Å². The molecule has 0 radical (unpaired) electrons. The van der Waals surface area contributed by atoms with E-state index in [1.165, 1.54) is 4.90 Å². The Bertz CT molecular complexity index is 494. The van der Waals surface area contributed by atoms with Crippen LogP contribution in [0.15, 0.2) is 30.3 Å². The summed E-state index contributed by atoms with van der Waals surface area (Å²) in [5.74, 6) is -0.173. The fourth-order valence-corrected chi connectivity index (χ4v) is 2.15. The lowest BCUT2D eigenvalue weighted by molar-refractivity contribution is -0.129. The molecule has 1 aromatic carbocycles. The van der Waals surface area contributed by atoms with Crippen LogP contribution < -0.4 is 5.32 Å². The van der Waals surface area contributed by atoms with Gasteiger partial charge in [-0.15, -0.1) is 0 Å². The molecule has 1 aliphatic heterocycles. The van der Waals surface area contributed by atoms with Gasteiger partial charge in [-0.1, -0.05) is 30.3 Å². The second kappa shape index (κ2) is 5.53. The third-order valence-electron chi connectivity index (χ3n) is 2.96. The molecule has 1 unspecified atom stereocenters. The minimum absolute atomic E-state index is 0.173. The SMILES string of the molecule is CC(C)(C)OC(=O)N1CCNC(=O)C1c1ccccc1. The highest BCUT2D eigenvalue weighted by Crippen LogP contribution is 2.25. The number of carbonyl (C=O) groups excluding carboxylic acids is 2. The summed E-state index contributed by atoms with van der Waals surface area (Å²) in [6, 6.07) is 8.64. The third kappa shape index (κ3) is 3.29. The fourth-order valence-electron chi connectivity index (χ4n) is 2.15. The number of ether oxygens (including phenoxy) is 1. The Hall–Kier alpha value is -2.04. The van der Waals surface area contributed by atoms with Gasteiger partial charge in [-0.2, -0.15) is 0 Å². The maximum Gasteiger partial charge on any atom is 0.411 e. The molecule has 5 heteroatoms. The molecule has 108 valence electrons. The first-order chi connectivity index (χ1) is 9.38. The molecule has 2 amide bonds. The molecule has 0 spiro atoms. The van der Waals surface area contributed by atoms with E-state index in [4.69, 9.17) is 4.74 Å². The molecule has 1 heterocycles. The second-order valence-electron chi connectivity index (χ2n) is 5.78. The van der Waals surface area contributed by atoms with Gasteiger partial charge in [0.15, 0.2) is 0 Å². The van der Waals surface area contributed by atoms with E-state index in [9.17, 15) is 9.59 Å². The predicted molar refractivity (Wildman–Crippen MR) is 75.1 cm³/mol. The van der Waals surface area contributed by atoms with Crippen LogP contribution in [0, 0.1) is 0 Å². The number of benzene rings is 1. The van der Waals surface area contributed by atoms with Crippen molar-refractivity contribution >= 4 is 12.0 Å². The predicted octanol–water partition coefficient (Wildman–Crippen LogP) is 2.09. The topological polar surface area (TPSA) is 58.6 Å². The Kier molecular flexibility index (Phi) is 3.97. The number of amides is 2. The van der Waals surface area contributed by atoms with Crippen molar-refractivity contribution in [2.45, 2.75) is 32.4 Å². The Balaban J connectivity index is 2.25. The highest BCUT2D eigenvalue weighted by atomic mass is 16.6. The van der Waals surface area contributed by atoms with Gasteiger partial charge in [0, 0.05) is 13.1 Å². The summed E-state index contributed by atoms with van der Waals surface area (Å²) in [4.78, 5) is 25.9. The van der Waals surface area contributed by atoms with Crippen molar-refractivity contribution in [2.24, 2.45) is 0 Å². The molecule has 5 nitrogen and oxygen atoms in total. The highest BCUT2D eigenvalue weighted by molar-refractivity contribution is 5.88. The Morgan fingerprint density at radius 2 is 1.95 bits per heavy atom. The summed E-state index contributed by atoms with van der Waals surface area (Å²) in [7, 11) is 0. The zero-order chi connectivity index (χ0) is 14.8. The van der Waals surface area contributed by atoms with Gasteiger partial charge in [0.1, 0.15) is 11.6 Å². The van der Waals surface area contributed by atoms with Crippen LogP contribution in [0.3, 0.4) is 0 Å². The maximum absolute atomic E-state index is 12.3. The largest absolute Gasteiger partial charge is 0.444 e. The van der Waals surface area contributed by atoms with E-state index in [1.807, 2.05) is 51.1 Å². The molecule has 1 N–H and O–H groups in total. The van der Waals surface area contributed by atoms with Crippen LogP contribution in [-0.4, -0.2) is 35.6 Å². The van der Waals surface area contributed by atoms with Gasteiger partial charge in [-0.25, -0.2) is 4.79 Å². The number of piperazine rings is 1. The molecule has 0 aromatic heterocycles. The molecular formula is C15H20N2O3. The fraction of sp³-hybridized carbons (Fsp3) is 0.467. The summed E-state index contributed by atoms with van der Waals surface area (Å²) in [5, 5.41) is 2.79. The van der Waals surface area contributed by atoms with Gasteiger partial charge in [0.25, 0.3) is 0 Å². The van der Waals surface area contributed by atoms with E-state index in [-0.39, 0.29) is 5.91 Å². The van der Waals surface area contributed by atoms with Gasteiger partial charge >= 0.3 is 6.09 Å². The first-order valence-corrected chi connectivity index (χ1v) is 6.71. The number of hydrogen-bond donors (Lipinski definition) is 1. The Morgan fingerprint density at radius 1 is 1.30 bits per heavy atom. The molecule has 1 aliphatic rings. The third-order valence-corrected chi connectivity index (χ3v) is 2.96.